The second kappa shape index (κ2) is 10.9. The molecule has 0 saturated carbocycles. The van der Waals surface area contributed by atoms with Gasteiger partial charge in [-0.15, -0.1) is 0 Å². The fraction of sp³-hybridized carbons (Fsp3) is 0.250. The number of hydrogen-bond donors (Lipinski definition) is 1. The van der Waals surface area contributed by atoms with Crippen LogP contribution in [-0.2, 0) is 11.3 Å². The first-order valence-electron chi connectivity index (χ1n) is 10.3. The number of ketones is 1. The maximum absolute atomic E-state index is 12.4. The lowest BCUT2D eigenvalue weighted by Crippen LogP contribution is -2.33. The van der Waals surface area contributed by atoms with Crippen molar-refractivity contribution in [1.29, 1.82) is 0 Å². The van der Waals surface area contributed by atoms with Crippen LogP contribution in [0.3, 0.4) is 0 Å². The smallest absolute Gasteiger partial charge is 0.258 e. The van der Waals surface area contributed by atoms with Gasteiger partial charge in [0.05, 0.1) is 18.6 Å². The number of hydrogen-bond acceptors (Lipinski definition) is 6. The van der Waals surface area contributed by atoms with E-state index in [2.05, 4.69) is 10.3 Å². The standard InChI is InChI=1S/C24H25N3O5/c1-3-31-20-10-6-19(7-11-20)22-14-24(30)27(16-26-22)13-12-25-23(29)15-32-21-8-4-18(5-9-21)17(2)28/h4-11,14,16H,3,12-13,15H2,1-2H3,(H,25,29). The van der Waals surface area contributed by atoms with Crippen molar-refractivity contribution in [3.8, 4) is 22.8 Å². The summed E-state index contributed by atoms with van der Waals surface area (Å²) < 4.78 is 12.3. The molecular formula is C24H25N3O5. The van der Waals surface area contributed by atoms with Gasteiger partial charge in [-0.25, -0.2) is 4.98 Å². The second-order valence-corrected chi connectivity index (χ2v) is 6.98. The normalized spacial score (nSPS) is 10.4. The average molecular weight is 435 g/mol. The molecule has 1 amide bonds. The topological polar surface area (TPSA) is 99.5 Å². The predicted molar refractivity (Wildman–Crippen MR) is 120 cm³/mol. The van der Waals surface area contributed by atoms with Crippen LogP contribution in [0, 0.1) is 0 Å². The summed E-state index contributed by atoms with van der Waals surface area (Å²) in [5.74, 6) is 0.909. The minimum atomic E-state index is -0.312. The van der Waals surface area contributed by atoms with Gasteiger partial charge in [-0.05, 0) is 62.4 Å². The predicted octanol–water partition coefficient (Wildman–Crippen LogP) is 2.71. The maximum atomic E-state index is 12.4. The quantitative estimate of drug-likeness (QED) is 0.492. The van der Waals surface area contributed by atoms with Gasteiger partial charge in [0.2, 0.25) is 0 Å². The molecule has 0 bridgehead atoms. The van der Waals surface area contributed by atoms with E-state index in [0.29, 0.717) is 23.6 Å². The highest BCUT2D eigenvalue weighted by molar-refractivity contribution is 5.94. The Balaban J connectivity index is 1.47. The van der Waals surface area contributed by atoms with E-state index >= 15 is 0 Å². The number of amides is 1. The third-order valence-corrected chi connectivity index (χ3v) is 4.65. The van der Waals surface area contributed by atoms with Crippen LogP contribution < -0.4 is 20.3 Å². The van der Waals surface area contributed by atoms with E-state index in [1.54, 1.807) is 24.3 Å². The van der Waals surface area contributed by atoms with Gasteiger partial charge >= 0.3 is 0 Å². The summed E-state index contributed by atoms with van der Waals surface area (Å²) in [7, 11) is 0. The number of benzene rings is 2. The van der Waals surface area contributed by atoms with Crippen molar-refractivity contribution in [2.24, 2.45) is 0 Å². The summed E-state index contributed by atoms with van der Waals surface area (Å²) in [5.41, 5.74) is 1.76. The number of Topliss-reactive ketones (excluding diaryl/α,β-unsaturated/α-hetero) is 1. The van der Waals surface area contributed by atoms with Gasteiger partial charge in [-0.3, -0.25) is 19.0 Å². The summed E-state index contributed by atoms with van der Waals surface area (Å²) in [6.45, 7) is 4.37. The van der Waals surface area contributed by atoms with Crippen LogP contribution in [0.25, 0.3) is 11.3 Å². The molecule has 0 unspecified atom stereocenters. The molecule has 0 atom stereocenters. The highest BCUT2D eigenvalue weighted by atomic mass is 16.5. The van der Waals surface area contributed by atoms with Crippen LogP contribution in [0.2, 0.25) is 0 Å². The Morgan fingerprint density at radius 3 is 2.28 bits per heavy atom. The van der Waals surface area contributed by atoms with E-state index in [9.17, 15) is 14.4 Å². The van der Waals surface area contributed by atoms with Crippen molar-refractivity contribution in [2.75, 3.05) is 19.8 Å². The molecule has 0 spiro atoms. The van der Waals surface area contributed by atoms with Gasteiger partial charge in [-0.2, -0.15) is 0 Å². The van der Waals surface area contributed by atoms with E-state index in [1.165, 1.54) is 23.9 Å². The lowest BCUT2D eigenvalue weighted by Gasteiger charge is -2.10. The molecule has 0 radical (unpaired) electrons. The van der Waals surface area contributed by atoms with Crippen LogP contribution in [0.1, 0.15) is 24.2 Å². The Kier molecular flexibility index (Phi) is 7.75. The van der Waals surface area contributed by atoms with Crippen LogP contribution in [0.15, 0.2) is 65.7 Å². The first-order valence-corrected chi connectivity index (χ1v) is 10.3. The molecule has 166 valence electrons. The van der Waals surface area contributed by atoms with E-state index in [1.807, 2.05) is 31.2 Å². The Morgan fingerprint density at radius 1 is 1.00 bits per heavy atom. The zero-order valence-corrected chi connectivity index (χ0v) is 18.0. The van der Waals surface area contributed by atoms with E-state index in [-0.39, 0.29) is 36.9 Å². The van der Waals surface area contributed by atoms with Crippen molar-refractivity contribution in [3.05, 3.63) is 76.8 Å². The molecule has 8 heteroatoms. The zero-order valence-electron chi connectivity index (χ0n) is 18.0. The molecule has 3 rings (SSSR count). The largest absolute Gasteiger partial charge is 0.494 e. The number of carbonyl (C=O) groups is 2. The molecule has 1 N–H and O–H groups in total. The molecule has 8 nitrogen and oxygen atoms in total. The molecule has 0 fully saturated rings. The van der Waals surface area contributed by atoms with Gasteiger partial charge in [0.1, 0.15) is 11.5 Å². The van der Waals surface area contributed by atoms with Crippen molar-refractivity contribution in [3.63, 3.8) is 0 Å². The molecule has 32 heavy (non-hydrogen) atoms. The van der Waals surface area contributed by atoms with E-state index in [4.69, 9.17) is 9.47 Å². The molecule has 1 heterocycles. The van der Waals surface area contributed by atoms with Gasteiger partial charge in [0, 0.05) is 30.3 Å². The number of ether oxygens (including phenoxy) is 2. The van der Waals surface area contributed by atoms with Crippen molar-refractivity contribution in [1.82, 2.24) is 14.9 Å². The van der Waals surface area contributed by atoms with Gasteiger partial charge in [0.15, 0.2) is 12.4 Å². The Bertz CT molecular complexity index is 1120. The lowest BCUT2D eigenvalue weighted by molar-refractivity contribution is -0.123. The highest BCUT2D eigenvalue weighted by Crippen LogP contribution is 2.19. The zero-order chi connectivity index (χ0) is 22.9. The summed E-state index contributed by atoms with van der Waals surface area (Å²) in [5, 5.41) is 2.70. The molecule has 0 aliphatic heterocycles. The number of aromatic nitrogens is 2. The van der Waals surface area contributed by atoms with Crippen LogP contribution in [0.4, 0.5) is 0 Å². The minimum absolute atomic E-state index is 0.0356. The van der Waals surface area contributed by atoms with Crippen molar-refractivity contribution < 1.29 is 19.1 Å². The number of carbonyl (C=O) groups excluding carboxylic acids is 2. The molecule has 0 aliphatic rings. The highest BCUT2D eigenvalue weighted by Gasteiger charge is 2.06. The molecule has 0 aliphatic carbocycles. The molecule has 2 aromatic carbocycles. The van der Waals surface area contributed by atoms with Crippen LogP contribution in [0.5, 0.6) is 11.5 Å². The average Bonchev–Trinajstić information content (AvgIpc) is 2.80. The molecule has 3 aromatic rings. The van der Waals surface area contributed by atoms with Crippen LogP contribution in [-0.4, -0.2) is 41.0 Å². The van der Waals surface area contributed by atoms with E-state index in [0.717, 1.165) is 11.3 Å². The van der Waals surface area contributed by atoms with Gasteiger partial charge < -0.3 is 14.8 Å². The number of nitrogens with zero attached hydrogens (tertiary/aromatic N) is 2. The summed E-state index contributed by atoms with van der Waals surface area (Å²) >= 11 is 0. The minimum Gasteiger partial charge on any atom is -0.494 e. The Labute approximate surface area is 185 Å². The SMILES string of the molecule is CCOc1ccc(-c2cc(=O)n(CCNC(=O)COc3ccc(C(C)=O)cc3)cn2)cc1. The first kappa shape index (κ1) is 22.7. The van der Waals surface area contributed by atoms with Crippen molar-refractivity contribution >= 4 is 11.7 Å². The van der Waals surface area contributed by atoms with Crippen LogP contribution >= 0.6 is 0 Å². The first-order chi connectivity index (χ1) is 15.5. The lowest BCUT2D eigenvalue weighted by atomic mass is 10.1. The van der Waals surface area contributed by atoms with E-state index < -0.39 is 0 Å². The maximum Gasteiger partial charge on any atom is 0.258 e. The third-order valence-electron chi connectivity index (χ3n) is 4.65. The Hall–Kier alpha value is -3.94. The molecule has 1 aromatic heterocycles. The van der Waals surface area contributed by atoms with Gasteiger partial charge in [-0.1, -0.05) is 0 Å². The number of rotatable bonds is 10. The molecular weight excluding hydrogens is 410 g/mol. The molecule has 0 saturated heterocycles. The van der Waals surface area contributed by atoms with Crippen molar-refractivity contribution in [2.45, 2.75) is 20.4 Å². The fourth-order valence-electron chi connectivity index (χ4n) is 2.94. The third kappa shape index (κ3) is 6.28. The summed E-state index contributed by atoms with van der Waals surface area (Å²) in [6, 6.07) is 15.4. The fourth-order valence-corrected chi connectivity index (χ4v) is 2.94. The Morgan fingerprint density at radius 2 is 1.66 bits per heavy atom. The van der Waals surface area contributed by atoms with Gasteiger partial charge in [0.25, 0.3) is 11.5 Å². The second-order valence-electron chi connectivity index (χ2n) is 6.98. The summed E-state index contributed by atoms with van der Waals surface area (Å²) in [4.78, 5) is 40.0. The monoisotopic (exact) mass is 435 g/mol. The summed E-state index contributed by atoms with van der Waals surface area (Å²) in [6.07, 6.45) is 1.47. The number of nitrogens with one attached hydrogen (secondary N) is 1.